The van der Waals surface area contributed by atoms with Crippen LogP contribution in [0.3, 0.4) is 0 Å². The van der Waals surface area contributed by atoms with Gasteiger partial charge in [-0.1, -0.05) is 12.1 Å². The Hall–Kier alpha value is -1.27. The van der Waals surface area contributed by atoms with Crippen LogP contribution in [0, 0.1) is 0 Å². The van der Waals surface area contributed by atoms with Crippen molar-refractivity contribution < 1.29 is 23.0 Å². The molecule has 1 aliphatic rings. The molecule has 0 bridgehead atoms. The molecule has 0 spiro atoms. The zero-order chi connectivity index (χ0) is 15.7. The fourth-order valence-corrected chi connectivity index (χ4v) is 2.68. The van der Waals surface area contributed by atoms with Gasteiger partial charge in [-0.05, 0) is 37.5 Å². The summed E-state index contributed by atoms with van der Waals surface area (Å²) in [5.41, 5.74) is -1.55. The molecule has 1 aromatic rings. The minimum atomic E-state index is -4.56. The van der Waals surface area contributed by atoms with Crippen LogP contribution >= 0.6 is 0 Å². The summed E-state index contributed by atoms with van der Waals surface area (Å²) < 4.78 is 43.5. The SMILES string of the molecule is COc1cccc(C(C)N2CCC(O)(C(F)(F)F)CC2)c1. The molecular formula is C15H20F3NO2. The second kappa shape index (κ2) is 5.85. The third-order valence-electron chi connectivity index (χ3n) is 4.28. The van der Waals surface area contributed by atoms with Crippen LogP contribution in [-0.4, -0.2) is 42.0 Å². The number of piperidine rings is 1. The molecule has 0 saturated carbocycles. The maximum absolute atomic E-state index is 12.8. The Kier molecular flexibility index (Phi) is 4.49. The third kappa shape index (κ3) is 3.32. The fraction of sp³-hybridized carbons (Fsp3) is 0.600. The van der Waals surface area contributed by atoms with E-state index in [1.807, 2.05) is 36.1 Å². The number of likely N-dealkylation sites (tertiary alicyclic amines) is 1. The van der Waals surface area contributed by atoms with E-state index < -0.39 is 11.8 Å². The summed E-state index contributed by atoms with van der Waals surface area (Å²) in [5.74, 6) is 0.725. The van der Waals surface area contributed by atoms with Gasteiger partial charge in [-0.15, -0.1) is 0 Å². The number of nitrogens with zero attached hydrogens (tertiary/aromatic N) is 1. The van der Waals surface area contributed by atoms with E-state index in [2.05, 4.69) is 0 Å². The number of rotatable bonds is 3. The summed E-state index contributed by atoms with van der Waals surface area (Å²) >= 11 is 0. The Balaban J connectivity index is 2.05. The highest BCUT2D eigenvalue weighted by atomic mass is 19.4. The van der Waals surface area contributed by atoms with Gasteiger partial charge in [0.1, 0.15) is 5.75 Å². The summed E-state index contributed by atoms with van der Waals surface area (Å²) in [6, 6.07) is 7.49. The number of aliphatic hydroxyl groups is 1. The Morgan fingerprint density at radius 2 is 1.90 bits per heavy atom. The summed E-state index contributed by atoms with van der Waals surface area (Å²) in [7, 11) is 1.58. The Morgan fingerprint density at radius 1 is 1.29 bits per heavy atom. The van der Waals surface area contributed by atoms with E-state index in [0.717, 1.165) is 11.3 Å². The number of hydrogen-bond acceptors (Lipinski definition) is 3. The average molecular weight is 303 g/mol. The monoisotopic (exact) mass is 303 g/mol. The molecule has 1 heterocycles. The molecule has 1 aliphatic heterocycles. The summed E-state index contributed by atoms with van der Waals surface area (Å²) in [5, 5.41) is 9.69. The van der Waals surface area contributed by atoms with Crippen LogP contribution in [0.5, 0.6) is 5.75 Å². The van der Waals surface area contributed by atoms with Gasteiger partial charge in [0.15, 0.2) is 5.60 Å². The van der Waals surface area contributed by atoms with E-state index in [9.17, 15) is 18.3 Å². The number of methoxy groups -OCH3 is 1. The van der Waals surface area contributed by atoms with Crippen LogP contribution in [0.1, 0.15) is 31.4 Å². The van der Waals surface area contributed by atoms with E-state index in [4.69, 9.17) is 4.74 Å². The Morgan fingerprint density at radius 3 is 2.43 bits per heavy atom. The molecule has 1 N–H and O–H groups in total. The molecule has 1 unspecified atom stereocenters. The first kappa shape index (κ1) is 16.1. The average Bonchev–Trinajstić information content (AvgIpc) is 2.46. The third-order valence-corrected chi connectivity index (χ3v) is 4.28. The first-order valence-corrected chi connectivity index (χ1v) is 6.94. The Bertz CT molecular complexity index is 482. The first-order chi connectivity index (χ1) is 9.77. The molecule has 0 aromatic heterocycles. The van der Waals surface area contributed by atoms with E-state index in [0.29, 0.717) is 0 Å². The van der Waals surface area contributed by atoms with Crippen molar-refractivity contribution in [2.24, 2.45) is 0 Å². The lowest BCUT2D eigenvalue weighted by molar-refractivity contribution is -0.273. The van der Waals surface area contributed by atoms with Crippen LogP contribution < -0.4 is 4.74 Å². The lowest BCUT2D eigenvalue weighted by Gasteiger charge is -2.41. The van der Waals surface area contributed by atoms with Crippen LogP contribution in [0.15, 0.2) is 24.3 Å². The standard InChI is InChI=1S/C15H20F3NO2/c1-11(12-4-3-5-13(10-12)21-2)19-8-6-14(20,7-9-19)15(16,17)18/h3-5,10-11,20H,6-9H2,1-2H3. The molecule has 1 saturated heterocycles. The van der Waals surface area contributed by atoms with Crippen molar-refractivity contribution in [3.8, 4) is 5.75 Å². The number of alkyl halides is 3. The van der Waals surface area contributed by atoms with Gasteiger partial charge in [0.25, 0.3) is 0 Å². The number of benzene rings is 1. The zero-order valence-corrected chi connectivity index (χ0v) is 12.2. The summed E-state index contributed by atoms with van der Waals surface area (Å²) in [4.78, 5) is 1.95. The van der Waals surface area contributed by atoms with E-state index in [1.165, 1.54) is 0 Å². The number of hydrogen-bond donors (Lipinski definition) is 1. The molecule has 0 amide bonds. The van der Waals surface area contributed by atoms with Gasteiger partial charge >= 0.3 is 6.18 Å². The second-order valence-electron chi connectivity index (χ2n) is 5.52. The molecule has 118 valence electrons. The highest BCUT2D eigenvalue weighted by molar-refractivity contribution is 5.30. The van der Waals surface area contributed by atoms with Crippen LogP contribution in [-0.2, 0) is 0 Å². The normalized spacial score (nSPS) is 21.0. The van der Waals surface area contributed by atoms with Crippen molar-refractivity contribution in [2.75, 3.05) is 20.2 Å². The van der Waals surface area contributed by atoms with Crippen molar-refractivity contribution >= 4 is 0 Å². The Labute approximate surface area is 122 Å². The van der Waals surface area contributed by atoms with Crippen molar-refractivity contribution in [3.05, 3.63) is 29.8 Å². The molecule has 3 nitrogen and oxygen atoms in total. The predicted molar refractivity (Wildman–Crippen MR) is 73.2 cm³/mol. The van der Waals surface area contributed by atoms with Gasteiger partial charge in [-0.3, -0.25) is 4.90 Å². The lowest BCUT2D eigenvalue weighted by Crippen LogP contribution is -2.53. The number of ether oxygens (including phenoxy) is 1. The minimum absolute atomic E-state index is 0.0158. The van der Waals surface area contributed by atoms with Gasteiger partial charge in [-0.2, -0.15) is 13.2 Å². The first-order valence-electron chi connectivity index (χ1n) is 6.94. The van der Waals surface area contributed by atoms with E-state index in [1.54, 1.807) is 7.11 Å². The summed E-state index contributed by atoms with van der Waals surface area (Å²) in [6.07, 6.45) is -5.13. The molecule has 0 aliphatic carbocycles. The van der Waals surface area contributed by atoms with Crippen molar-refractivity contribution in [2.45, 2.75) is 37.6 Å². The van der Waals surface area contributed by atoms with E-state index in [-0.39, 0.29) is 32.0 Å². The second-order valence-corrected chi connectivity index (χ2v) is 5.52. The molecule has 21 heavy (non-hydrogen) atoms. The molecule has 1 atom stereocenters. The molecular weight excluding hydrogens is 283 g/mol. The topological polar surface area (TPSA) is 32.7 Å². The molecule has 0 radical (unpaired) electrons. The molecule has 1 fully saturated rings. The predicted octanol–water partition coefficient (Wildman–Crippen LogP) is 3.15. The maximum atomic E-state index is 12.8. The number of halogens is 3. The highest BCUT2D eigenvalue weighted by Gasteiger charge is 2.54. The maximum Gasteiger partial charge on any atom is 0.417 e. The highest BCUT2D eigenvalue weighted by Crippen LogP contribution is 2.40. The van der Waals surface area contributed by atoms with Gasteiger partial charge < -0.3 is 9.84 Å². The largest absolute Gasteiger partial charge is 0.497 e. The van der Waals surface area contributed by atoms with Crippen LogP contribution in [0.2, 0.25) is 0 Å². The van der Waals surface area contributed by atoms with Crippen LogP contribution in [0.4, 0.5) is 13.2 Å². The lowest BCUT2D eigenvalue weighted by atomic mass is 9.89. The fourth-order valence-electron chi connectivity index (χ4n) is 2.68. The molecule has 1 aromatic carbocycles. The van der Waals surface area contributed by atoms with Crippen LogP contribution in [0.25, 0.3) is 0 Å². The summed E-state index contributed by atoms with van der Waals surface area (Å²) in [6.45, 7) is 2.38. The molecule has 2 rings (SSSR count). The van der Waals surface area contributed by atoms with E-state index >= 15 is 0 Å². The quantitative estimate of drug-likeness (QED) is 0.931. The van der Waals surface area contributed by atoms with Crippen molar-refractivity contribution in [3.63, 3.8) is 0 Å². The van der Waals surface area contributed by atoms with Crippen molar-refractivity contribution in [1.29, 1.82) is 0 Å². The van der Waals surface area contributed by atoms with Crippen molar-refractivity contribution in [1.82, 2.24) is 4.90 Å². The van der Waals surface area contributed by atoms with Gasteiger partial charge in [0.05, 0.1) is 7.11 Å². The minimum Gasteiger partial charge on any atom is -0.497 e. The van der Waals surface area contributed by atoms with Gasteiger partial charge in [0.2, 0.25) is 0 Å². The van der Waals surface area contributed by atoms with Gasteiger partial charge in [-0.25, -0.2) is 0 Å². The smallest absolute Gasteiger partial charge is 0.417 e. The van der Waals surface area contributed by atoms with Gasteiger partial charge in [0, 0.05) is 19.1 Å². The molecule has 6 heteroatoms. The zero-order valence-electron chi connectivity index (χ0n) is 12.2.